The number of hydrogen-bond acceptors (Lipinski definition) is 3. The van der Waals surface area contributed by atoms with Crippen LogP contribution in [-0.4, -0.2) is 37.0 Å². The van der Waals surface area contributed by atoms with Gasteiger partial charge in [0.25, 0.3) is 5.91 Å². The summed E-state index contributed by atoms with van der Waals surface area (Å²) in [7, 11) is 0. The number of likely N-dealkylation sites (tertiary alicyclic amines) is 1. The van der Waals surface area contributed by atoms with E-state index >= 15 is 0 Å². The lowest BCUT2D eigenvalue weighted by Crippen LogP contribution is -2.26. The highest BCUT2D eigenvalue weighted by Gasteiger charge is 2.21. The summed E-state index contributed by atoms with van der Waals surface area (Å²) in [5.41, 5.74) is 2.55. The fraction of sp³-hybridized carbons (Fsp3) is 0.480. The van der Waals surface area contributed by atoms with Crippen LogP contribution in [0.1, 0.15) is 53.6 Å². The predicted octanol–water partition coefficient (Wildman–Crippen LogP) is 4.57. The van der Waals surface area contributed by atoms with Gasteiger partial charge in [-0.1, -0.05) is 37.1 Å². The van der Waals surface area contributed by atoms with Crippen molar-refractivity contribution in [3.8, 4) is 5.75 Å². The molecule has 0 spiro atoms. The molecule has 1 amide bonds. The Labute approximate surface area is 178 Å². The lowest BCUT2D eigenvalue weighted by molar-refractivity contribution is 0.0950. The molecule has 1 saturated carbocycles. The number of amides is 1. The van der Waals surface area contributed by atoms with Gasteiger partial charge in [0.15, 0.2) is 0 Å². The SMILES string of the molecule is O=C(NCCc1ccc(CN2CCCC2)cc1)c1ccc(OCCC2CC2)cc1F. The maximum Gasteiger partial charge on any atom is 0.254 e. The average Bonchev–Trinajstić information content (AvgIpc) is 3.43. The van der Waals surface area contributed by atoms with E-state index in [9.17, 15) is 9.18 Å². The molecule has 0 unspecified atom stereocenters. The van der Waals surface area contributed by atoms with Crippen molar-refractivity contribution in [1.29, 1.82) is 0 Å². The van der Waals surface area contributed by atoms with Crippen LogP contribution in [-0.2, 0) is 13.0 Å². The van der Waals surface area contributed by atoms with Crippen molar-refractivity contribution in [2.75, 3.05) is 26.2 Å². The summed E-state index contributed by atoms with van der Waals surface area (Å²) in [4.78, 5) is 14.8. The van der Waals surface area contributed by atoms with Crippen LogP contribution in [0.25, 0.3) is 0 Å². The number of carbonyl (C=O) groups excluding carboxylic acids is 1. The van der Waals surface area contributed by atoms with Gasteiger partial charge in [-0.15, -0.1) is 0 Å². The van der Waals surface area contributed by atoms with Crippen LogP contribution in [0.5, 0.6) is 5.75 Å². The molecule has 4 nitrogen and oxygen atoms in total. The molecule has 1 aliphatic carbocycles. The van der Waals surface area contributed by atoms with Crippen LogP contribution in [0.3, 0.4) is 0 Å². The lowest BCUT2D eigenvalue weighted by atomic mass is 10.1. The largest absolute Gasteiger partial charge is 0.493 e. The number of nitrogens with zero attached hydrogens (tertiary/aromatic N) is 1. The number of ether oxygens (including phenoxy) is 1. The molecular weight excluding hydrogens is 379 g/mol. The Morgan fingerprint density at radius 2 is 1.80 bits per heavy atom. The zero-order valence-electron chi connectivity index (χ0n) is 17.5. The lowest BCUT2D eigenvalue weighted by Gasteiger charge is -2.14. The zero-order valence-corrected chi connectivity index (χ0v) is 17.5. The molecule has 0 aromatic heterocycles. The molecule has 30 heavy (non-hydrogen) atoms. The Kier molecular flexibility index (Phi) is 7.00. The number of hydrogen-bond donors (Lipinski definition) is 1. The molecule has 2 fully saturated rings. The van der Waals surface area contributed by atoms with E-state index in [1.54, 1.807) is 6.07 Å². The van der Waals surface area contributed by atoms with E-state index in [-0.39, 0.29) is 11.5 Å². The molecule has 1 saturated heterocycles. The highest BCUT2D eigenvalue weighted by molar-refractivity contribution is 5.94. The second-order valence-corrected chi connectivity index (χ2v) is 8.53. The molecule has 2 aliphatic rings. The molecular formula is C25H31FN2O2. The summed E-state index contributed by atoms with van der Waals surface area (Å²) in [5.74, 6) is 0.338. The van der Waals surface area contributed by atoms with Gasteiger partial charge in [-0.05, 0) is 68.0 Å². The highest BCUT2D eigenvalue weighted by Crippen LogP contribution is 2.32. The standard InChI is InChI=1S/C25H31FN2O2/c26-24-17-22(30-16-12-20-3-4-20)9-10-23(24)25(29)27-13-11-19-5-7-21(8-6-19)18-28-14-1-2-15-28/h5-10,17,20H,1-4,11-16,18H2,(H,27,29). The van der Waals surface area contributed by atoms with Gasteiger partial charge < -0.3 is 10.1 Å². The summed E-state index contributed by atoms with van der Waals surface area (Å²) in [5, 5.41) is 2.82. The van der Waals surface area contributed by atoms with Gasteiger partial charge in [-0.2, -0.15) is 0 Å². The Morgan fingerprint density at radius 3 is 2.50 bits per heavy atom. The molecule has 4 rings (SSSR count). The first-order valence-corrected chi connectivity index (χ1v) is 11.2. The van der Waals surface area contributed by atoms with Gasteiger partial charge in [0.2, 0.25) is 0 Å². The second-order valence-electron chi connectivity index (χ2n) is 8.53. The first-order valence-electron chi connectivity index (χ1n) is 11.2. The van der Waals surface area contributed by atoms with Gasteiger partial charge in [-0.25, -0.2) is 4.39 Å². The molecule has 0 radical (unpaired) electrons. The minimum absolute atomic E-state index is 0.0607. The molecule has 1 aliphatic heterocycles. The number of nitrogens with one attached hydrogen (secondary N) is 1. The first kappa shape index (κ1) is 20.9. The van der Waals surface area contributed by atoms with Crippen molar-refractivity contribution < 1.29 is 13.9 Å². The Bertz CT molecular complexity index is 843. The van der Waals surface area contributed by atoms with Crippen molar-refractivity contribution in [1.82, 2.24) is 10.2 Å². The summed E-state index contributed by atoms with van der Waals surface area (Å²) in [6.07, 6.45) is 6.89. The van der Waals surface area contributed by atoms with E-state index in [0.717, 1.165) is 25.3 Å². The molecule has 5 heteroatoms. The second kappa shape index (κ2) is 10.1. The number of carbonyl (C=O) groups is 1. The van der Waals surface area contributed by atoms with Crippen molar-refractivity contribution >= 4 is 5.91 Å². The number of rotatable bonds is 10. The Morgan fingerprint density at radius 1 is 1.07 bits per heavy atom. The monoisotopic (exact) mass is 410 g/mol. The first-order chi connectivity index (χ1) is 14.7. The molecule has 1 N–H and O–H groups in total. The van der Waals surface area contributed by atoms with Gasteiger partial charge in [0.1, 0.15) is 11.6 Å². The molecule has 2 aromatic carbocycles. The average molecular weight is 411 g/mol. The van der Waals surface area contributed by atoms with Gasteiger partial charge in [0, 0.05) is 19.2 Å². The normalized spacial score (nSPS) is 16.6. The van der Waals surface area contributed by atoms with Gasteiger partial charge in [0.05, 0.1) is 12.2 Å². The topological polar surface area (TPSA) is 41.6 Å². The van der Waals surface area contributed by atoms with E-state index in [1.165, 1.54) is 62.0 Å². The number of benzene rings is 2. The molecule has 0 bridgehead atoms. The Balaban J connectivity index is 1.21. The third-order valence-corrected chi connectivity index (χ3v) is 6.00. The summed E-state index contributed by atoms with van der Waals surface area (Å²) < 4.78 is 19.9. The highest BCUT2D eigenvalue weighted by atomic mass is 19.1. The van der Waals surface area contributed by atoms with Crippen LogP contribution < -0.4 is 10.1 Å². The van der Waals surface area contributed by atoms with Crippen LogP contribution in [0.2, 0.25) is 0 Å². The van der Waals surface area contributed by atoms with Crippen molar-refractivity contribution in [3.05, 3.63) is 65.0 Å². The van der Waals surface area contributed by atoms with Crippen LogP contribution in [0.4, 0.5) is 4.39 Å². The van der Waals surface area contributed by atoms with E-state index in [1.807, 2.05) is 0 Å². The zero-order chi connectivity index (χ0) is 20.8. The fourth-order valence-corrected chi connectivity index (χ4v) is 3.95. The maximum atomic E-state index is 14.3. The summed E-state index contributed by atoms with van der Waals surface area (Å²) >= 11 is 0. The van der Waals surface area contributed by atoms with Gasteiger partial charge >= 0.3 is 0 Å². The maximum absolute atomic E-state index is 14.3. The van der Waals surface area contributed by atoms with Crippen LogP contribution in [0.15, 0.2) is 42.5 Å². The van der Waals surface area contributed by atoms with Crippen molar-refractivity contribution in [2.45, 2.75) is 45.1 Å². The molecule has 160 valence electrons. The fourth-order valence-electron chi connectivity index (χ4n) is 3.95. The molecule has 1 heterocycles. The predicted molar refractivity (Wildman–Crippen MR) is 116 cm³/mol. The molecule has 0 atom stereocenters. The van der Waals surface area contributed by atoms with Crippen LogP contribution >= 0.6 is 0 Å². The summed E-state index contributed by atoms with van der Waals surface area (Å²) in [6, 6.07) is 13.0. The van der Waals surface area contributed by atoms with Crippen molar-refractivity contribution in [2.24, 2.45) is 5.92 Å². The third-order valence-electron chi connectivity index (χ3n) is 6.00. The van der Waals surface area contributed by atoms with Gasteiger partial charge in [-0.3, -0.25) is 9.69 Å². The van der Waals surface area contributed by atoms with Crippen LogP contribution in [0, 0.1) is 11.7 Å². The molecule has 2 aromatic rings. The third kappa shape index (κ3) is 6.05. The Hall–Kier alpha value is -2.40. The minimum Gasteiger partial charge on any atom is -0.493 e. The minimum atomic E-state index is -0.539. The van der Waals surface area contributed by atoms with E-state index < -0.39 is 5.82 Å². The summed E-state index contributed by atoms with van der Waals surface area (Å²) in [6.45, 7) is 4.47. The van der Waals surface area contributed by atoms with Crippen molar-refractivity contribution in [3.63, 3.8) is 0 Å². The quantitative estimate of drug-likeness (QED) is 0.624. The van der Waals surface area contributed by atoms with E-state index in [0.29, 0.717) is 18.9 Å². The smallest absolute Gasteiger partial charge is 0.254 e. The number of halogens is 1. The van der Waals surface area contributed by atoms with E-state index in [2.05, 4.69) is 34.5 Å². The van der Waals surface area contributed by atoms with E-state index in [4.69, 9.17) is 4.74 Å².